The van der Waals surface area contributed by atoms with Crippen LogP contribution in [0.5, 0.6) is 17.2 Å². The third-order valence-electron chi connectivity index (χ3n) is 4.08. The minimum absolute atomic E-state index is 0.147. The number of alkyl halides is 3. The number of hydrogen-bond acceptors (Lipinski definition) is 4. The maximum absolute atomic E-state index is 12.5. The normalized spacial score (nSPS) is 16.1. The number of carbonyl (C=O) groups excluding carboxylic acids is 2. The lowest BCUT2D eigenvalue weighted by Gasteiger charge is -2.16. The minimum Gasteiger partial charge on any atom is -0.457 e. The average molecular weight is 394 g/mol. The molecule has 1 aliphatic heterocycles. The third-order valence-corrected chi connectivity index (χ3v) is 4.08. The average Bonchev–Trinajstić information content (AvgIpc) is 2.78. The summed E-state index contributed by atoms with van der Waals surface area (Å²) in [5.41, 5.74) is -0.338. The van der Waals surface area contributed by atoms with Gasteiger partial charge in [-0.3, -0.25) is 4.79 Å². The van der Waals surface area contributed by atoms with Crippen molar-refractivity contribution >= 4 is 17.6 Å². The third kappa shape index (κ3) is 4.03. The van der Waals surface area contributed by atoms with Crippen LogP contribution in [-0.2, 0) is 4.79 Å². The zero-order valence-electron chi connectivity index (χ0n) is 15.3. The van der Waals surface area contributed by atoms with Crippen molar-refractivity contribution in [3.63, 3.8) is 0 Å². The van der Waals surface area contributed by atoms with Crippen LogP contribution in [0.2, 0.25) is 0 Å². The van der Waals surface area contributed by atoms with Crippen molar-refractivity contribution in [1.29, 1.82) is 0 Å². The van der Waals surface area contributed by atoms with E-state index >= 15 is 0 Å². The van der Waals surface area contributed by atoms with Crippen molar-refractivity contribution in [2.75, 3.05) is 4.90 Å². The number of hydrogen-bond donors (Lipinski definition) is 1. The van der Waals surface area contributed by atoms with Gasteiger partial charge in [0, 0.05) is 6.07 Å². The molecule has 1 aliphatic rings. The van der Waals surface area contributed by atoms with Gasteiger partial charge in [0.2, 0.25) is 0 Å². The Morgan fingerprint density at radius 2 is 1.61 bits per heavy atom. The highest BCUT2D eigenvalue weighted by atomic mass is 19.4. The number of carbonyl (C=O) groups is 2. The highest BCUT2D eigenvalue weighted by molar-refractivity contribution is 6.23. The summed E-state index contributed by atoms with van der Waals surface area (Å²) in [6, 6.07) is 9.58. The molecule has 2 aromatic rings. The second-order valence-electron chi connectivity index (χ2n) is 6.77. The summed E-state index contributed by atoms with van der Waals surface area (Å²) in [5, 5.41) is 2.58. The first-order valence-corrected chi connectivity index (χ1v) is 8.27. The Hall–Kier alpha value is -3.23. The van der Waals surface area contributed by atoms with Crippen LogP contribution in [0.25, 0.3) is 0 Å². The number of urea groups is 1. The molecule has 0 unspecified atom stereocenters. The summed E-state index contributed by atoms with van der Waals surface area (Å²) in [6.07, 6.45) is -4.80. The van der Waals surface area contributed by atoms with Crippen LogP contribution in [0.4, 0.5) is 23.7 Å². The van der Waals surface area contributed by atoms with Crippen molar-refractivity contribution in [2.24, 2.45) is 0 Å². The molecule has 1 saturated heterocycles. The van der Waals surface area contributed by atoms with Gasteiger partial charge in [-0.15, -0.1) is 13.2 Å². The van der Waals surface area contributed by atoms with Crippen LogP contribution < -0.4 is 19.7 Å². The lowest BCUT2D eigenvalue weighted by atomic mass is 10.1. The number of amides is 3. The zero-order valence-corrected chi connectivity index (χ0v) is 15.3. The van der Waals surface area contributed by atoms with Crippen molar-refractivity contribution < 1.29 is 32.2 Å². The number of benzene rings is 2. The van der Waals surface area contributed by atoms with Crippen molar-refractivity contribution in [3.8, 4) is 17.2 Å². The number of nitrogens with zero attached hydrogens (tertiary/aromatic N) is 1. The summed E-state index contributed by atoms with van der Waals surface area (Å²) in [6.45, 7) is 4.69. The number of ether oxygens (including phenoxy) is 2. The zero-order chi connectivity index (χ0) is 20.7. The van der Waals surface area contributed by atoms with Crippen LogP contribution in [0, 0.1) is 6.92 Å². The summed E-state index contributed by atoms with van der Waals surface area (Å²) < 4.78 is 46.9. The lowest BCUT2D eigenvalue weighted by molar-refractivity contribution is -0.274. The van der Waals surface area contributed by atoms with E-state index in [0.29, 0.717) is 17.0 Å². The Bertz CT molecular complexity index is 924. The SMILES string of the molecule is Cc1ccc(Oc2ccc(N3C(=O)NC(C)(C)C3=O)cc2)cc1OC(F)(F)F. The van der Waals surface area contributed by atoms with Crippen LogP contribution in [0.15, 0.2) is 42.5 Å². The molecule has 0 bridgehead atoms. The van der Waals surface area contributed by atoms with E-state index in [2.05, 4.69) is 10.1 Å². The molecule has 0 aliphatic carbocycles. The Morgan fingerprint density at radius 1 is 1.00 bits per heavy atom. The number of halogens is 3. The lowest BCUT2D eigenvalue weighted by Crippen LogP contribution is -2.40. The number of rotatable bonds is 4. The van der Waals surface area contributed by atoms with E-state index in [1.165, 1.54) is 43.3 Å². The van der Waals surface area contributed by atoms with E-state index in [0.717, 1.165) is 11.0 Å². The van der Waals surface area contributed by atoms with Gasteiger partial charge in [-0.1, -0.05) is 6.07 Å². The number of aryl methyl sites for hydroxylation is 1. The highest BCUT2D eigenvalue weighted by Gasteiger charge is 2.45. The van der Waals surface area contributed by atoms with Gasteiger partial charge in [0.1, 0.15) is 22.8 Å². The highest BCUT2D eigenvalue weighted by Crippen LogP contribution is 2.33. The standard InChI is InChI=1S/C19H17F3N2O4/c1-11-4-7-14(10-15(11)28-19(20,21)22)27-13-8-5-12(6-9-13)24-16(25)18(2,3)23-17(24)26/h4-10H,1-3H3,(H,23,26). The Balaban J connectivity index is 1.78. The molecule has 0 aromatic heterocycles. The molecule has 3 amide bonds. The van der Waals surface area contributed by atoms with Crippen LogP contribution in [0.3, 0.4) is 0 Å². The fourth-order valence-corrected chi connectivity index (χ4v) is 2.66. The molecule has 28 heavy (non-hydrogen) atoms. The van der Waals surface area contributed by atoms with E-state index in [4.69, 9.17) is 4.74 Å². The minimum atomic E-state index is -4.80. The molecule has 1 N–H and O–H groups in total. The van der Waals surface area contributed by atoms with E-state index in [9.17, 15) is 22.8 Å². The predicted molar refractivity (Wildman–Crippen MR) is 94.5 cm³/mol. The Morgan fingerprint density at radius 3 is 2.14 bits per heavy atom. The molecule has 0 radical (unpaired) electrons. The predicted octanol–water partition coefficient (Wildman–Crippen LogP) is 4.52. The van der Waals surface area contributed by atoms with Gasteiger partial charge in [0.15, 0.2) is 0 Å². The quantitative estimate of drug-likeness (QED) is 0.775. The summed E-state index contributed by atoms with van der Waals surface area (Å²) in [5.74, 6) is -0.285. The van der Waals surface area contributed by atoms with E-state index in [1.807, 2.05) is 0 Å². The van der Waals surface area contributed by atoms with E-state index in [1.54, 1.807) is 13.8 Å². The molecule has 0 saturated carbocycles. The van der Waals surface area contributed by atoms with Crippen molar-refractivity contribution in [3.05, 3.63) is 48.0 Å². The van der Waals surface area contributed by atoms with Crippen LogP contribution >= 0.6 is 0 Å². The number of nitrogens with one attached hydrogen (secondary N) is 1. The van der Waals surface area contributed by atoms with Gasteiger partial charge in [0.05, 0.1) is 5.69 Å². The Labute approximate surface area is 158 Å². The maximum atomic E-state index is 12.5. The summed E-state index contributed by atoms with van der Waals surface area (Å²) in [4.78, 5) is 25.3. The molecule has 3 rings (SSSR count). The maximum Gasteiger partial charge on any atom is 0.573 e. The van der Waals surface area contributed by atoms with Crippen molar-refractivity contribution in [2.45, 2.75) is 32.7 Å². The number of anilines is 1. The molecule has 2 aromatic carbocycles. The molecule has 1 heterocycles. The van der Waals surface area contributed by atoms with Crippen LogP contribution in [-0.4, -0.2) is 23.8 Å². The molecule has 148 valence electrons. The first kappa shape index (κ1) is 19.5. The second-order valence-corrected chi connectivity index (χ2v) is 6.77. The fourth-order valence-electron chi connectivity index (χ4n) is 2.66. The first-order valence-electron chi connectivity index (χ1n) is 8.27. The monoisotopic (exact) mass is 394 g/mol. The molecule has 1 fully saturated rings. The fraction of sp³-hybridized carbons (Fsp3) is 0.263. The first-order chi connectivity index (χ1) is 13.0. The summed E-state index contributed by atoms with van der Waals surface area (Å²) in [7, 11) is 0. The van der Waals surface area contributed by atoms with Gasteiger partial charge >= 0.3 is 12.4 Å². The molecular weight excluding hydrogens is 377 g/mol. The molecule has 0 spiro atoms. The second kappa shape index (κ2) is 6.74. The van der Waals surface area contributed by atoms with E-state index in [-0.39, 0.29) is 11.5 Å². The topological polar surface area (TPSA) is 67.9 Å². The smallest absolute Gasteiger partial charge is 0.457 e. The van der Waals surface area contributed by atoms with Gasteiger partial charge in [-0.25, -0.2) is 9.69 Å². The van der Waals surface area contributed by atoms with Gasteiger partial charge in [-0.2, -0.15) is 0 Å². The largest absolute Gasteiger partial charge is 0.573 e. The Kier molecular flexibility index (Phi) is 4.70. The van der Waals surface area contributed by atoms with E-state index < -0.39 is 23.8 Å². The number of imide groups is 1. The van der Waals surface area contributed by atoms with Gasteiger partial charge in [0.25, 0.3) is 5.91 Å². The molecule has 6 nitrogen and oxygen atoms in total. The van der Waals surface area contributed by atoms with Crippen LogP contribution in [0.1, 0.15) is 19.4 Å². The van der Waals surface area contributed by atoms with Gasteiger partial charge < -0.3 is 14.8 Å². The van der Waals surface area contributed by atoms with Gasteiger partial charge in [-0.05, 0) is 56.7 Å². The molecule has 0 atom stereocenters. The molecular formula is C19H17F3N2O4. The summed E-state index contributed by atoms with van der Waals surface area (Å²) >= 11 is 0. The molecule has 9 heteroatoms. The van der Waals surface area contributed by atoms with Crippen molar-refractivity contribution in [1.82, 2.24) is 5.32 Å².